The summed E-state index contributed by atoms with van der Waals surface area (Å²) in [4.78, 5) is 12.2. The molecule has 20 heavy (non-hydrogen) atoms. The van der Waals surface area contributed by atoms with E-state index >= 15 is 0 Å². The van der Waals surface area contributed by atoms with Crippen LogP contribution >= 0.6 is 50.1 Å². The summed E-state index contributed by atoms with van der Waals surface area (Å²) in [6.07, 6.45) is 0. The van der Waals surface area contributed by atoms with Crippen molar-refractivity contribution in [2.24, 2.45) is 0 Å². The van der Waals surface area contributed by atoms with E-state index in [1.165, 1.54) is 0 Å². The van der Waals surface area contributed by atoms with Gasteiger partial charge in [0.1, 0.15) is 5.75 Å². The van der Waals surface area contributed by atoms with Crippen LogP contribution < -0.4 is 10.1 Å². The summed E-state index contributed by atoms with van der Waals surface area (Å²) in [7, 11) is 1.56. The molecule has 0 unspecified atom stereocenters. The first kappa shape index (κ1) is 15.6. The van der Waals surface area contributed by atoms with Crippen LogP contribution in [0.2, 0.25) is 5.02 Å². The number of hydrogen-bond acceptors (Lipinski definition) is 2. The van der Waals surface area contributed by atoms with Gasteiger partial charge in [-0.3, -0.25) is 4.79 Å². The Kier molecular flexibility index (Phi) is 5.29. The summed E-state index contributed by atoms with van der Waals surface area (Å²) >= 11 is 11.5. The minimum atomic E-state index is -0.236. The predicted octanol–water partition coefficient (Wildman–Crippen LogP) is 4.97. The zero-order valence-electron chi connectivity index (χ0n) is 10.4. The minimum absolute atomic E-state index is 0.236. The molecular weight excluding hydrogens is 456 g/mol. The van der Waals surface area contributed by atoms with E-state index < -0.39 is 0 Å². The van der Waals surface area contributed by atoms with Gasteiger partial charge in [-0.2, -0.15) is 0 Å². The zero-order valence-corrected chi connectivity index (χ0v) is 14.9. The average Bonchev–Trinajstić information content (AvgIpc) is 2.42. The molecule has 0 spiro atoms. The average molecular weight is 466 g/mol. The molecule has 2 rings (SSSR count). The molecule has 0 aliphatic carbocycles. The highest BCUT2D eigenvalue weighted by molar-refractivity contribution is 14.1. The van der Waals surface area contributed by atoms with Crippen molar-refractivity contribution in [3.05, 3.63) is 55.0 Å². The van der Waals surface area contributed by atoms with E-state index in [0.717, 1.165) is 8.04 Å². The summed E-state index contributed by atoms with van der Waals surface area (Å²) in [6, 6.07) is 10.6. The summed E-state index contributed by atoms with van der Waals surface area (Å²) < 4.78 is 6.98. The van der Waals surface area contributed by atoms with Gasteiger partial charge in [0.2, 0.25) is 0 Å². The fraction of sp³-hybridized carbons (Fsp3) is 0.0714. The lowest BCUT2D eigenvalue weighted by Gasteiger charge is -2.11. The van der Waals surface area contributed by atoms with Crippen molar-refractivity contribution in [3.63, 3.8) is 0 Å². The number of amides is 1. The van der Waals surface area contributed by atoms with E-state index in [0.29, 0.717) is 22.0 Å². The number of halogens is 3. The van der Waals surface area contributed by atoms with Crippen LogP contribution in [0.25, 0.3) is 0 Å². The molecule has 0 aliphatic heterocycles. The maximum atomic E-state index is 12.2. The summed E-state index contributed by atoms with van der Waals surface area (Å²) in [5.41, 5.74) is 1.10. The predicted molar refractivity (Wildman–Crippen MR) is 92.8 cm³/mol. The standard InChI is InChI=1S/C14H10BrClINO2/c1-20-13-5-3-9(15)7-12(13)18-14(19)8-2-4-11(17)10(16)6-8/h2-7H,1H3,(H,18,19). The summed E-state index contributed by atoms with van der Waals surface area (Å²) in [5, 5.41) is 3.37. The number of carbonyl (C=O) groups excluding carboxylic acids is 1. The molecule has 104 valence electrons. The van der Waals surface area contributed by atoms with Gasteiger partial charge in [-0.25, -0.2) is 0 Å². The molecular formula is C14H10BrClINO2. The van der Waals surface area contributed by atoms with E-state index in [-0.39, 0.29) is 5.91 Å². The maximum Gasteiger partial charge on any atom is 0.255 e. The van der Waals surface area contributed by atoms with Crippen LogP contribution in [0.15, 0.2) is 40.9 Å². The van der Waals surface area contributed by atoms with Gasteiger partial charge in [-0.15, -0.1) is 0 Å². The molecule has 3 nitrogen and oxygen atoms in total. The van der Waals surface area contributed by atoms with Crippen LogP contribution in [0.3, 0.4) is 0 Å². The van der Waals surface area contributed by atoms with Crippen molar-refractivity contribution in [2.75, 3.05) is 12.4 Å². The molecule has 0 atom stereocenters. The van der Waals surface area contributed by atoms with Gasteiger partial charge in [-0.05, 0) is 59.0 Å². The van der Waals surface area contributed by atoms with E-state index in [4.69, 9.17) is 16.3 Å². The highest BCUT2D eigenvalue weighted by atomic mass is 127. The molecule has 0 saturated heterocycles. The molecule has 0 bridgehead atoms. The Bertz CT molecular complexity index is 664. The molecule has 0 aromatic heterocycles. The zero-order chi connectivity index (χ0) is 14.7. The largest absolute Gasteiger partial charge is 0.495 e. The van der Waals surface area contributed by atoms with Crippen LogP contribution in [-0.2, 0) is 0 Å². The van der Waals surface area contributed by atoms with Gasteiger partial charge in [0, 0.05) is 13.6 Å². The summed E-state index contributed by atoms with van der Waals surface area (Å²) in [6.45, 7) is 0. The third kappa shape index (κ3) is 3.65. The number of benzene rings is 2. The Labute approximate surface area is 143 Å². The molecule has 0 aliphatic rings. The van der Waals surface area contributed by atoms with E-state index in [1.807, 2.05) is 6.07 Å². The van der Waals surface area contributed by atoms with Crippen molar-refractivity contribution in [1.29, 1.82) is 0 Å². The third-order valence-electron chi connectivity index (χ3n) is 2.59. The Morgan fingerprint density at radius 3 is 2.70 bits per heavy atom. The lowest BCUT2D eigenvalue weighted by atomic mass is 10.2. The van der Waals surface area contributed by atoms with E-state index in [1.54, 1.807) is 37.4 Å². The first-order valence-electron chi connectivity index (χ1n) is 5.61. The molecule has 0 fully saturated rings. The number of ether oxygens (including phenoxy) is 1. The highest BCUT2D eigenvalue weighted by Gasteiger charge is 2.11. The van der Waals surface area contributed by atoms with Gasteiger partial charge in [0.05, 0.1) is 17.8 Å². The molecule has 1 N–H and O–H groups in total. The second-order valence-electron chi connectivity index (χ2n) is 3.93. The van der Waals surface area contributed by atoms with Gasteiger partial charge < -0.3 is 10.1 Å². The SMILES string of the molecule is COc1ccc(Br)cc1NC(=O)c1ccc(I)c(Cl)c1. The number of nitrogens with one attached hydrogen (secondary N) is 1. The van der Waals surface area contributed by atoms with Gasteiger partial charge in [0.15, 0.2) is 0 Å². The molecule has 2 aromatic carbocycles. The Hall–Kier alpha value is -0.790. The molecule has 2 aromatic rings. The van der Waals surface area contributed by atoms with Gasteiger partial charge >= 0.3 is 0 Å². The summed E-state index contributed by atoms with van der Waals surface area (Å²) in [5.74, 6) is 0.359. The van der Waals surface area contributed by atoms with Crippen LogP contribution in [0.5, 0.6) is 5.75 Å². The van der Waals surface area contributed by atoms with Crippen molar-refractivity contribution in [2.45, 2.75) is 0 Å². The number of anilines is 1. The molecule has 1 amide bonds. The lowest BCUT2D eigenvalue weighted by molar-refractivity contribution is 0.102. The first-order chi connectivity index (χ1) is 9.51. The Balaban J connectivity index is 2.27. The second kappa shape index (κ2) is 6.78. The first-order valence-corrected chi connectivity index (χ1v) is 7.86. The number of rotatable bonds is 3. The smallest absolute Gasteiger partial charge is 0.255 e. The van der Waals surface area contributed by atoms with Crippen molar-refractivity contribution >= 4 is 61.7 Å². The third-order valence-corrected chi connectivity index (χ3v) is 4.66. The number of hydrogen-bond donors (Lipinski definition) is 1. The van der Waals surface area contributed by atoms with Crippen LogP contribution in [0.4, 0.5) is 5.69 Å². The maximum absolute atomic E-state index is 12.2. The Morgan fingerprint density at radius 2 is 2.05 bits per heavy atom. The molecule has 0 saturated carbocycles. The fourth-order valence-corrected chi connectivity index (χ4v) is 2.49. The van der Waals surface area contributed by atoms with E-state index in [2.05, 4.69) is 43.8 Å². The van der Waals surface area contributed by atoms with Gasteiger partial charge in [-0.1, -0.05) is 27.5 Å². The van der Waals surface area contributed by atoms with E-state index in [9.17, 15) is 4.79 Å². The topological polar surface area (TPSA) is 38.3 Å². The molecule has 0 radical (unpaired) electrons. The lowest BCUT2D eigenvalue weighted by Crippen LogP contribution is -2.12. The normalized spacial score (nSPS) is 10.2. The Morgan fingerprint density at radius 1 is 1.30 bits per heavy atom. The fourth-order valence-electron chi connectivity index (χ4n) is 1.61. The highest BCUT2D eigenvalue weighted by Crippen LogP contribution is 2.28. The minimum Gasteiger partial charge on any atom is -0.495 e. The number of methoxy groups -OCH3 is 1. The van der Waals surface area contributed by atoms with Crippen molar-refractivity contribution < 1.29 is 9.53 Å². The molecule has 0 heterocycles. The van der Waals surface area contributed by atoms with Crippen LogP contribution in [0, 0.1) is 3.57 Å². The van der Waals surface area contributed by atoms with Crippen LogP contribution in [-0.4, -0.2) is 13.0 Å². The monoisotopic (exact) mass is 465 g/mol. The second-order valence-corrected chi connectivity index (χ2v) is 6.41. The van der Waals surface area contributed by atoms with Crippen molar-refractivity contribution in [3.8, 4) is 5.75 Å². The van der Waals surface area contributed by atoms with Crippen molar-refractivity contribution in [1.82, 2.24) is 0 Å². The van der Waals surface area contributed by atoms with Gasteiger partial charge in [0.25, 0.3) is 5.91 Å². The van der Waals surface area contributed by atoms with Crippen LogP contribution in [0.1, 0.15) is 10.4 Å². The molecule has 6 heteroatoms. The quantitative estimate of drug-likeness (QED) is 0.649. The number of carbonyl (C=O) groups is 1.